The molecule has 1 aromatic carbocycles. The topological polar surface area (TPSA) is 26.3 Å². The number of hydrogen-bond donors (Lipinski definition) is 0. The van der Waals surface area contributed by atoms with Gasteiger partial charge in [-0.1, -0.05) is 24.3 Å². The third-order valence-electron chi connectivity index (χ3n) is 1.71. The minimum atomic E-state index is -0.177. The summed E-state index contributed by atoms with van der Waals surface area (Å²) in [7, 11) is 0. The van der Waals surface area contributed by atoms with Crippen LogP contribution in [0, 0.1) is 6.61 Å². The first-order valence-electron chi connectivity index (χ1n) is 3.47. The summed E-state index contributed by atoms with van der Waals surface area (Å²) in [4.78, 5) is 10.8. The van der Waals surface area contributed by atoms with Gasteiger partial charge < -0.3 is 4.74 Å². The molecule has 1 aromatic rings. The Morgan fingerprint density at radius 1 is 1.27 bits per heavy atom. The van der Waals surface area contributed by atoms with E-state index in [1.807, 2.05) is 24.3 Å². The smallest absolute Gasteiger partial charge is 0.311 e. The maximum atomic E-state index is 10.8. The monoisotopic (exact) mass is 147 g/mol. The van der Waals surface area contributed by atoms with Crippen molar-refractivity contribution in [3.63, 3.8) is 0 Å². The average Bonchev–Trinajstić information content (AvgIpc) is 2.04. The first-order valence-corrected chi connectivity index (χ1v) is 3.47. The minimum absolute atomic E-state index is 0.177. The minimum Gasteiger partial charge on any atom is -0.453 e. The van der Waals surface area contributed by atoms with Gasteiger partial charge >= 0.3 is 5.97 Å². The molecule has 1 aliphatic rings. The van der Waals surface area contributed by atoms with Crippen LogP contribution >= 0.6 is 0 Å². The number of esters is 1. The van der Waals surface area contributed by atoms with Gasteiger partial charge in [0.2, 0.25) is 0 Å². The first-order chi connectivity index (χ1) is 5.36. The van der Waals surface area contributed by atoms with E-state index in [0.29, 0.717) is 6.42 Å². The van der Waals surface area contributed by atoms with Crippen molar-refractivity contribution in [3.05, 3.63) is 42.0 Å². The van der Waals surface area contributed by atoms with Crippen LogP contribution in [0.25, 0.3) is 0 Å². The van der Waals surface area contributed by atoms with Gasteiger partial charge in [0, 0.05) is 5.56 Å². The van der Waals surface area contributed by atoms with Gasteiger partial charge in [0.1, 0.15) is 0 Å². The zero-order chi connectivity index (χ0) is 7.68. The van der Waals surface area contributed by atoms with E-state index in [9.17, 15) is 4.79 Å². The molecule has 0 atom stereocenters. The number of benzene rings is 1. The van der Waals surface area contributed by atoms with Crippen molar-refractivity contribution in [1.29, 1.82) is 0 Å². The van der Waals surface area contributed by atoms with Gasteiger partial charge in [-0.25, -0.2) is 0 Å². The Bertz CT molecular complexity index is 291. The lowest BCUT2D eigenvalue weighted by Gasteiger charge is -2.13. The molecule has 0 aromatic heterocycles. The van der Waals surface area contributed by atoms with Gasteiger partial charge in [0.05, 0.1) is 6.42 Å². The third kappa shape index (κ3) is 1.11. The highest BCUT2D eigenvalue weighted by Gasteiger charge is 2.15. The van der Waals surface area contributed by atoms with E-state index in [1.54, 1.807) is 0 Å². The standard InChI is InChI=1S/C9H7O2/c10-9-5-7-3-1-2-4-8(7)6-11-9/h1-4,6H,5H2. The fourth-order valence-electron chi connectivity index (χ4n) is 1.14. The summed E-state index contributed by atoms with van der Waals surface area (Å²) in [5, 5.41) is 0. The second-order valence-corrected chi connectivity index (χ2v) is 2.48. The van der Waals surface area contributed by atoms with Crippen molar-refractivity contribution in [3.8, 4) is 0 Å². The molecule has 0 unspecified atom stereocenters. The van der Waals surface area contributed by atoms with E-state index >= 15 is 0 Å². The predicted octanol–water partition coefficient (Wildman–Crippen LogP) is 1.30. The van der Waals surface area contributed by atoms with Crippen molar-refractivity contribution < 1.29 is 9.53 Å². The van der Waals surface area contributed by atoms with Gasteiger partial charge in [-0.2, -0.15) is 0 Å². The molecule has 1 heterocycles. The molecule has 0 amide bonds. The van der Waals surface area contributed by atoms with Crippen LogP contribution in [0.1, 0.15) is 11.1 Å². The number of hydrogen-bond acceptors (Lipinski definition) is 2. The normalized spacial score (nSPS) is 15.5. The number of cyclic esters (lactones) is 1. The van der Waals surface area contributed by atoms with Crippen molar-refractivity contribution in [2.45, 2.75) is 6.42 Å². The molecular formula is C9H7O2. The van der Waals surface area contributed by atoms with Gasteiger partial charge in [0.15, 0.2) is 6.61 Å². The molecule has 2 heteroatoms. The van der Waals surface area contributed by atoms with E-state index in [-0.39, 0.29) is 5.97 Å². The van der Waals surface area contributed by atoms with Crippen molar-refractivity contribution in [1.82, 2.24) is 0 Å². The predicted molar refractivity (Wildman–Crippen MR) is 39.6 cm³/mol. The SMILES string of the molecule is O=C1Cc2ccccc2[CH]O1. The molecule has 11 heavy (non-hydrogen) atoms. The number of carbonyl (C=O) groups is 1. The van der Waals surface area contributed by atoms with Crippen LogP contribution in [0.4, 0.5) is 0 Å². The largest absolute Gasteiger partial charge is 0.453 e. The van der Waals surface area contributed by atoms with E-state index < -0.39 is 0 Å². The van der Waals surface area contributed by atoms with Crippen LogP contribution in [-0.2, 0) is 16.0 Å². The molecule has 2 nitrogen and oxygen atoms in total. The van der Waals surface area contributed by atoms with Crippen molar-refractivity contribution in [2.24, 2.45) is 0 Å². The summed E-state index contributed by atoms with van der Waals surface area (Å²) >= 11 is 0. The molecule has 0 saturated heterocycles. The van der Waals surface area contributed by atoms with E-state index in [4.69, 9.17) is 4.74 Å². The lowest BCUT2D eigenvalue weighted by atomic mass is 10.0. The highest BCUT2D eigenvalue weighted by Crippen LogP contribution is 2.17. The Balaban J connectivity index is 2.41. The average molecular weight is 147 g/mol. The molecular weight excluding hydrogens is 140 g/mol. The maximum absolute atomic E-state index is 10.8. The van der Waals surface area contributed by atoms with Crippen molar-refractivity contribution in [2.75, 3.05) is 0 Å². The molecule has 0 spiro atoms. The lowest BCUT2D eigenvalue weighted by Crippen LogP contribution is -2.14. The zero-order valence-corrected chi connectivity index (χ0v) is 5.91. The van der Waals surface area contributed by atoms with Crippen LogP contribution in [0.5, 0.6) is 0 Å². The quantitative estimate of drug-likeness (QED) is 0.517. The molecule has 1 radical (unpaired) electrons. The highest BCUT2D eigenvalue weighted by atomic mass is 16.5. The van der Waals surface area contributed by atoms with E-state index in [1.165, 1.54) is 6.61 Å². The Morgan fingerprint density at radius 2 is 2.09 bits per heavy atom. The van der Waals surface area contributed by atoms with Crippen LogP contribution in [0.15, 0.2) is 24.3 Å². The third-order valence-corrected chi connectivity index (χ3v) is 1.71. The highest BCUT2D eigenvalue weighted by molar-refractivity contribution is 5.76. The number of fused-ring (bicyclic) bond motifs is 1. The Hall–Kier alpha value is -1.31. The zero-order valence-electron chi connectivity index (χ0n) is 5.91. The molecule has 55 valence electrons. The summed E-state index contributed by atoms with van der Waals surface area (Å²) in [6, 6.07) is 7.72. The molecule has 0 saturated carbocycles. The summed E-state index contributed by atoms with van der Waals surface area (Å²) in [6.45, 7) is 1.50. The summed E-state index contributed by atoms with van der Waals surface area (Å²) in [6.07, 6.45) is 0.396. The molecule has 0 bridgehead atoms. The summed E-state index contributed by atoms with van der Waals surface area (Å²) < 4.78 is 4.74. The van der Waals surface area contributed by atoms with E-state index in [2.05, 4.69) is 0 Å². The fourth-order valence-corrected chi connectivity index (χ4v) is 1.14. The number of rotatable bonds is 0. The Morgan fingerprint density at radius 3 is 3.00 bits per heavy atom. The van der Waals surface area contributed by atoms with Gasteiger partial charge in [-0.05, 0) is 5.56 Å². The van der Waals surface area contributed by atoms with Crippen LogP contribution in [0.2, 0.25) is 0 Å². The Labute approximate surface area is 64.8 Å². The Kier molecular flexibility index (Phi) is 1.39. The lowest BCUT2D eigenvalue weighted by molar-refractivity contribution is -0.139. The molecule has 0 aliphatic carbocycles. The summed E-state index contributed by atoms with van der Waals surface area (Å²) in [5.41, 5.74) is 2.05. The maximum Gasteiger partial charge on any atom is 0.311 e. The van der Waals surface area contributed by atoms with E-state index in [0.717, 1.165) is 11.1 Å². The molecule has 0 fully saturated rings. The second kappa shape index (κ2) is 2.38. The molecule has 1 aliphatic heterocycles. The fraction of sp³-hybridized carbons (Fsp3) is 0.111. The second-order valence-electron chi connectivity index (χ2n) is 2.48. The van der Waals surface area contributed by atoms with Gasteiger partial charge in [-0.3, -0.25) is 4.79 Å². The van der Waals surface area contributed by atoms with Gasteiger partial charge in [0.25, 0.3) is 0 Å². The molecule has 2 rings (SSSR count). The van der Waals surface area contributed by atoms with Crippen molar-refractivity contribution >= 4 is 5.97 Å². The first kappa shape index (κ1) is 6.40. The number of carbonyl (C=O) groups excluding carboxylic acids is 1. The molecule has 0 N–H and O–H groups in total. The van der Waals surface area contributed by atoms with Crippen LogP contribution < -0.4 is 0 Å². The van der Waals surface area contributed by atoms with Gasteiger partial charge in [-0.15, -0.1) is 0 Å². The van der Waals surface area contributed by atoms with Crippen LogP contribution in [-0.4, -0.2) is 5.97 Å². The number of ether oxygens (including phenoxy) is 1. The summed E-state index contributed by atoms with van der Waals surface area (Å²) in [5.74, 6) is -0.177. The van der Waals surface area contributed by atoms with Crippen LogP contribution in [0.3, 0.4) is 0 Å².